The summed E-state index contributed by atoms with van der Waals surface area (Å²) in [5.41, 5.74) is 2.23. The SMILES string of the molecule is O=c1[nH]c(CNCc2cccc(Cl)c2)nc2c1oc1ccc(Br)cc12. The number of nitrogens with one attached hydrogen (secondary N) is 2. The van der Waals surface area contributed by atoms with Crippen LogP contribution >= 0.6 is 27.5 Å². The van der Waals surface area contributed by atoms with Crippen molar-refractivity contribution >= 4 is 49.6 Å². The normalized spacial score (nSPS) is 11.4. The van der Waals surface area contributed by atoms with Crippen LogP contribution in [0.15, 0.2) is 56.1 Å². The summed E-state index contributed by atoms with van der Waals surface area (Å²) in [6.07, 6.45) is 0. The summed E-state index contributed by atoms with van der Waals surface area (Å²) in [5, 5.41) is 4.77. The van der Waals surface area contributed by atoms with Crippen LogP contribution < -0.4 is 10.9 Å². The maximum Gasteiger partial charge on any atom is 0.294 e. The van der Waals surface area contributed by atoms with E-state index >= 15 is 0 Å². The van der Waals surface area contributed by atoms with Crippen LogP contribution in [0.3, 0.4) is 0 Å². The van der Waals surface area contributed by atoms with Crippen LogP contribution in [0.2, 0.25) is 5.02 Å². The molecule has 0 radical (unpaired) electrons. The highest BCUT2D eigenvalue weighted by atomic mass is 79.9. The average molecular weight is 419 g/mol. The van der Waals surface area contributed by atoms with Gasteiger partial charge in [-0.2, -0.15) is 0 Å². The number of aromatic amines is 1. The van der Waals surface area contributed by atoms with Crippen molar-refractivity contribution in [2.75, 3.05) is 0 Å². The quantitative estimate of drug-likeness (QED) is 0.516. The number of hydrogen-bond acceptors (Lipinski definition) is 4. The summed E-state index contributed by atoms with van der Waals surface area (Å²) in [5.74, 6) is 0.558. The van der Waals surface area contributed by atoms with Gasteiger partial charge < -0.3 is 14.7 Å². The maximum absolute atomic E-state index is 12.3. The third-order valence-corrected chi connectivity index (χ3v) is 4.57. The number of H-pyrrole nitrogens is 1. The molecule has 0 saturated heterocycles. The molecule has 0 bridgehead atoms. The number of rotatable bonds is 4. The predicted molar refractivity (Wildman–Crippen MR) is 102 cm³/mol. The van der Waals surface area contributed by atoms with Gasteiger partial charge >= 0.3 is 0 Å². The van der Waals surface area contributed by atoms with Crippen molar-refractivity contribution in [3.8, 4) is 0 Å². The van der Waals surface area contributed by atoms with Gasteiger partial charge in [0.05, 0.1) is 6.54 Å². The molecule has 0 unspecified atom stereocenters. The number of aromatic nitrogens is 2. The summed E-state index contributed by atoms with van der Waals surface area (Å²) in [7, 11) is 0. The molecule has 0 atom stereocenters. The summed E-state index contributed by atoms with van der Waals surface area (Å²) in [6, 6.07) is 13.2. The van der Waals surface area contributed by atoms with E-state index in [-0.39, 0.29) is 11.1 Å². The van der Waals surface area contributed by atoms with Crippen molar-refractivity contribution in [2.45, 2.75) is 13.1 Å². The number of fused-ring (bicyclic) bond motifs is 3. The number of benzene rings is 2. The van der Waals surface area contributed by atoms with Crippen molar-refractivity contribution in [1.82, 2.24) is 15.3 Å². The number of hydrogen-bond donors (Lipinski definition) is 2. The van der Waals surface area contributed by atoms with Crippen LogP contribution in [0.1, 0.15) is 11.4 Å². The Balaban J connectivity index is 1.62. The van der Waals surface area contributed by atoms with Crippen molar-refractivity contribution < 1.29 is 4.42 Å². The fraction of sp³-hybridized carbons (Fsp3) is 0.111. The Morgan fingerprint density at radius 3 is 2.92 bits per heavy atom. The second-order valence-corrected chi connectivity index (χ2v) is 7.02. The van der Waals surface area contributed by atoms with Gasteiger partial charge in [-0.3, -0.25) is 4.79 Å². The number of furan rings is 1. The van der Waals surface area contributed by atoms with Crippen molar-refractivity contribution in [3.63, 3.8) is 0 Å². The van der Waals surface area contributed by atoms with E-state index in [4.69, 9.17) is 16.0 Å². The molecule has 4 aromatic rings. The molecule has 0 fully saturated rings. The Labute approximate surface area is 156 Å². The second-order valence-electron chi connectivity index (χ2n) is 5.67. The molecule has 0 aliphatic heterocycles. The molecule has 0 saturated carbocycles. The van der Waals surface area contributed by atoms with E-state index in [0.29, 0.717) is 35.0 Å². The Morgan fingerprint density at radius 1 is 1.20 bits per heavy atom. The number of halogens is 2. The summed E-state index contributed by atoms with van der Waals surface area (Å²) >= 11 is 9.42. The molecular weight excluding hydrogens is 406 g/mol. The lowest BCUT2D eigenvalue weighted by atomic mass is 10.2. The third-order valence-electron chi connectivity index (χ3n) is 3.85. The molecule has 4 rings (SSSR count). The maximum atomic E-state index is 12.3. The largest absolute Gasteiger partial charge is 0.449 e. The predicted octanol–water partition coefficient (Wildman–Crippen LogP) is 4.38. The standard InChI is InChI=1S/C18H13BrClN3O2/c19-11-4-5-14-13(7-11)16-17(25-14)18(24)23-15(22-16)9-21-8-10-2-1-3-12(20)6-10/h1-7,21H,8-9H2,(H,22,23,24). The van der Waals surface area contributed by atoms with Crippen LogP contribution in [0, 0.1) is 0 Å². The van der Waals surface area contributed by atoms with Crippen LogP contribution in [0.5, 0.6) is 0 Å². The lowest BCUT2D eigenvalue weighted by Gasteiger charge is -2.05. The molecule has 25 heavy (non-hydrogen) atoms. The van der Waals surface area contributed by atoms with Gasteiger partial charge in [-0.25, -0.2) is 4.98 Å². The third kappa shape index (κ3) is 3.33. The Morgan fingerprint density at radius 2 is 2.08 bits per heavy atom. The topological polar surface area (TPSA) is 70.9 Å². The van der Waals surface area contributed by atoms with E-state index in [9.17, 15) is 4.79 Å². The van der Waals surface area contributed by atoms with Crippen LogP contribution in [0.25, 0.3) is 22.1 Å². The Bertz CT molecular complexity index is 1140. The van der Waals surface area contributed by atoms with Gasteiger partial charge in [0.15, 0.2) is 0 Å². The smallest absolute Gasteiger partial charge is 0.294 e. The molecule has 0 amide bonds. The highest BCUT2D eigenvalue weighted by Crippen LogP contribution is 2.27. The van der Waals surface area contributed by atoms with E-state index in [2.05, 4.69) is 31.2 Å². The van der Waals surface area contributed by atoms with Gasteiger partial charge in [-0.15, -0.1) is 0 Å². The summed E-state index contributed by atoms with van der Waals surface area (Å²) in [6.45, 7) is 1.05. The fourth-order valence-corrected chi connectivity index (χ4v) is 3.30. The zero-order valence-corrected chi connectivity index (χ0v) is 15.3. The minimum Gasteiger partial charge on any atom is -0.449 e. The first-order valence-corrected chi connectivity index (χ1v) is 8.83. The first kappa shape index (κ1) is 16.3. The minimum atomic E-state index is -0.281. The molecule has 126 valence electrons. The lowest BCUT2D eigenvalue weighted by molar-refractivity contribution is 0.645. The second kappa shape index (κ2) is 6.63. The average Bonchev–Trinajstić information content (AvgIpc) is 2.94. The first-order chi connectivity index (χ1) is 12.1. The van der Waals surface area contributed by atoms with E-state index in [1.165, 1.54) is 0 Å². The monoisotopic (exact) mass is 417 g/mol. The van der Waals surface area contributed by atoms with Gasteiger partial charge in [-0.05, 0) is 35.9 Å². The van der Waals surface area contributed by atoms with Gasteiger partial charge in [0, 0.05) is 21.4 Å². The molecule has 2 aromatic carbocycles. The molecule has 0 aliphatic rings. The van der Waals surface area contributed by atoms with Gasteiger partial charge in [-0.1, -0.05) is 39.7 Å². The Kier molecular flexibility index (Phi) is 4.33. The Hall–Kier alpha value is -2.15. The molecule has 2 N–H and O–H groups in total. The minimum absolute atomic E-state index is 0.242. The molecular formula is C18H13BrClN3O2. The van der Waals surface area contributed by atoms with E-state index < -0.39 is 0 Å². The van der Waals surface area contributed by atoms with E-state index in [0.717, 1.165) is 15.4 Å². The molecule has 2 heterocycles. The van der Waals surface area contributed by atoms with Crippen LogP contribution in [-0.2, 0) is 13.1 Å². The van der Waals surface area contributed by atoms with Crippen LogP contribution in [-0.4, -0.2) is 9.97 Å². The molecule has 5 nitrogen and oxygen atoms in total. The van der Waals surface area contributed by atoms with E-state index in [1.54, 1.807) is 0 Å². The van der Waals surface area contributed by atoms with Crippen molar-refractivity contribution in [3.05, 3.63) is 73.7 Å². The van der Waals surface area contributed by atoms with Gasteiger partial charge in [0.2, 0.25) is 5.58 Å². The summed E-state index contributed by atoms with van der Waals surface area (Å²) in [4.78, 5) is 19.6. The zero-order chi connectivity index (χ0) is 17.4. The fourth-order valence-electron chi connectivity index (χ4n) is 2.73. The molecule has 0 spiro atoms. The highest BCUT2D eigenvalue weighted by Gasteiger charge is 2.13. The van der Waals surface area contributed by atoms with E-state index in [1.807, 2.05) is 42.5 Å². The molecule has 7 heteroatoms. The number of nitrogens with zero attached hydrogens (tertiary/aromatic N) is 1. The van der Waals surface area contributed by atoms with Crippen LogP contribution in [0.4, 0.5) is 0 Å². The van der Waals surface area contributed by atoms with Crippen molar-refractivity contribution in [1.29, 1.82) is 0 Å². The first-order valence-electron chi connectivity index (χ1n) is 7.66. The summed E-state index contributed by atoms with van der Waals surface area (Å²) < 4.78 is 6.53. The zero-order valence-electron chi connectivity index (χ0n) is 13.0. The van der Waals surface area contributed by atoms with Crippen molar-refractivity contribution in [2.24, 2.45) is 0 Å². The molecule has 0 aliphatic carbocycles. The van der Waals surface area contributed by atoms with Gasteiger partial charge in [0.1, 0.15) is 16.9 Å². The van der Waals surface area contributed by atoms with Gasteiger partial charge in [0.25, 0.3) is 5.56 Å². The molecule has 2 aromatic heterocycles. The highest BCUT2D eigenvalue weighted by molar-refractivity contribution is 9.10. The lowest BCUT2D eigenvalue weighted by Crippen LogP contribution is -2.18.